The van der Waals surface area contributed by atoms with Gasteiger partial charge in [-0.2, -0.15) is 0 Å². The predicted molar refractivity (Wildman–Crippen MR) is 105 cm³/mol. The number of carbonyl (C=O) groups is 1. The number of carbonyl (C=O) groups excluding carboxylic acids is 1. The number of hydrogen-bond acceptors (Lipinski definition) is 3. The van der Waals surface area contributed by atoms with Crippen molar-refractivity contribution in [3.8, 4) is 0 Å². The zero-order valence-electron chi connectivity index (χ0n) is 14.6. The van der Waals surface area contributed by atoms with Crippen LogP contribution >= 0.6 is 23.2 Å². The van der Waals surface area contributed by atoms with Crippen LogP contribution in [-0.2, 0) is 9.53 Å². The maximum Gasteiger partial charge on any atom is 0.234 e. The van der Waals surface area contributed by atoms with E-state index in [2.05, 4.69) is 10.2 Å². The van der Waals surface area contributed by atoms with E-state index >= 15 is 0 Å². The van der Waals surface area contributed by atoms with Gasteiger partial charge >= 0.3 is 0 Å². The third-order valence-corrected chi connectivity index (χ3v) is 5.01. The molecule has 0 aromatic heterocycles. The van der Waals surface area contributed by atoms with Gasteiger partial charge in [0.25, 0.3) is 0 Å². The Morgan fingerprint density at radius 2 is 1.77 bits per heavy atom. The molecule has 2 unspecified atom stereocenters. The smallest absolute Gasteiger partial charge is 0.234 e. The molecule has 1 aliphatic heterocycles. The Morgan fingerprint density at radius 1 is 1.15 bits per heavy atom. The number of ether oxygens (including phenoxy) is 1. The lowest BCUT2D eigenvalue weighted by atomic mass is 10.1. The zero-order valence-corrected chi connectivity index (χ0v) is 16.1. The van der Waals surface area contributed by atoms with Crippen molar-refractivity contribution in [1.82, 2.24) is 10.2 Å². The van der Waals surface area contributed by atoms with E-state index in [0.717, 1.165) is 17.7 Å². The summed E-state index contributed by atoms with van der Waals surface area (Å²) >= 11 is 11.9. The Balaban J connectivity index is 1.53. The first kappa shape index (κ1) is 19.2. The molecule has 1 saturated heterocycles. The number of rotatable bonds is 5. The molecule has 0 aliphatic carbocycles. The summed E-state index contributed by atoms with van der Waals surface area (Å²) in [6.45, 7) is 4.35. The average molecular weight is 393 g/mol. The highest BCUT2D eigenvalue weighted by Gasteiger charge is 2.24. The van der Waals surface area contributed by atoms with E-state index in [1.54, 1.807) is 0 Å². The lowest BCUT2D eigenvalue weighted by Gasteiger charge is -2.33. The van der Waals surface area contributed by atoms with Crippen LogP contribution in [0.5, 0.6) is 0 Å². The number of benzene rings is 2. The average Bonchev–Trinajstić information content (AvgIpc) is 2.63. The molecule has 0 radical (unpaired) electrons. The Labute approximate surface area is 164 Å². The highest BCUT2D eigenvalue weighted by atomic mass is 35.5. The fourth-order valence-corrected chi connectivity index (χ4v) is 3.30. The summed E-state index contributed by atoms with van der Waals surface area (Å²) in [5.74, 6) is 0.00389. The van der Waals surface area contributed by atoms with E-state index in [9.17, 15) is 4.79 Å². The van der Waals surface area contributed by atoms with Crippen LogP contribution in [-0.4, -0.2) is 37.0 Å². The summed E-state index contributed by atoms with van der Waals surface area (Å²) < 4.78 is 5.85. The summed E-state index contributed by atoms with van der Waals surface area (Å²) in [6, 6.07) is 15.1. The van der Waals surface area contributed by atoms with E-state index in [1.165, 1.54) is 0 Å². The maximum absolute atomic E-state index is 12.4. The molecule has 1 amide bonds. The Hall–Kier alpha value is -1.59. The zero-order chi connectivity index (χ0) is 18.5. The number of morpholine rings is 1. The second-order valence-corrected chi connectivity index (χ2v) is 7.36. The lowest BCUT2D eigenvalue weighted by molar-refractivity contribution is -0.125. The molecule has 0 spiro atoms. The van der Waals surface area contributed by atoms with Crippen molar-refractivity contribution in [2.24, 2.45) is 0 Å². The molecule has 2 atom stereocenters. The van der Waals surface area contributed by atoms with Gasteiger partial charge in [0.2, 0.25) is 5.91 Å². The standard InChI is InChI=1S/C20H22Cl2N2O2/c1-14(15-2-6-17(21)7-3-15)23-20(25)13-24-10-11-26-19(12-24)16-4-8-18(22)9-5-16/h2-9,14,19H,10-13H2,1H3,(H,23,25). The van der Waals surface area contributed by atoms with Crippen LogP contribution in [0.2, 0.25) is 10.0 Å². The number of halogens is 2. The third kappa shape index (κ3) is 5.21. The van der Waals surface area contributed by atoms with Gasteiger partial charge < -0.3 is 10.1 Å². The molecule has 4 nitrogen and oxygen atoms in total. The first-order valence-corrected chi connectivity index (χ1v) is 9.41. The monoisotopic (exact) mass is 392 g/mol. The first-order chi connectivity index (χ1) is 12.5. The number of hydrogen-bond donors (Lipinski definition) is 1. The third-order valence-electron chi connectivity index (χ3n) is 4.51. The molecule has 6 heteroatoms. The van der Waals surface area contributed by atoms with Gasteiger partial charge in [0.1, 0.15) is 0 Å². The normalized spacial score (nSPS) is 19.1. The Bertz CT molecular complexity index is 734. The number of amides is 1. The maximum atomic E-state index is 12.4. The van der Waals surface area contributed by atoms with Crippen molar-refractivity contribution in [2.45, 2.75) is 19.1 Å². The minimum Gasteiger partial charge on any atom is -0.371 e. The SMILES string of the molecule is CC(NC(=O)CN1CCOC(c2ccc(Cl)cc2)C1)c1ccc(Cl)cc1. The van der Waals surface area contributed by atoms with E-state index < -0.39 is 0 Å². The van der Waals surface area contributed by atoms with Crippen molar-refractivity contribution >= 4 is 29.1 Å². The van der Waals surface area contributed by atoms with Gasteiger partial charge in [0.05, 0.1) is 25.3 Å². The van der Waals surface area contributed by atoms with Crippen molar-refractivity contribution in [2.75, 3.05) is 26.2 Å². The van der Waals surface area contributed by atoms with Crippen LogP contribution in [0.4, 0.5) is 0 Å². The van der Waals surface area contributed by atoms with Gasteiger partial charge in [0, 0.05) is 23.1 Å². The van der Waals surface area contributed by atoms with E-state index in [4.69, 9.17) is 27.9 Å². The van der Waals surface area contributed by atoms with Crippen molar-refractivity contribution in [3.63, 3.8) is 0 Å². The predicted octanol–water partition coefficient (Wildman–Crippen LogP) is 4.24. The summed E-state index contributed by atoms with van der Waals surface area (Å²) in [6.07, 6.45) is -0.0393. The molecule has 1 fully saturated rings. The summed E-state index contributed by atoms with van der Waals surface area (Å²) in [7, 11) is 0. The van der Waals surface area contributed by atoms with Gasteiger partial charge in [-0.1, -0.05) is 47.5 Å². The topological polar surface area (TPSA) is 41.6 Å². The summed E-state index contributed by atoms with van der Waals surface area (Å²) in [5.41, 5.74) is 2.11. The van der Waals surface area contributed by atoms with Crippen molar-refractivity contribution in [1.29, 1.82) is 0 Å². The highest BCUT2D eigenvalue weighted by Crippen LogP contribution is 2.23. The second-order valence-electron chi connectivity index (χ2n) is 6.49. The molecular formula is C20H22Cl2N2O2. The fourth-order valence-electron chi connectivity index (χ4n) is 3.05. The second kappa shape index (κ2) is 8.87. The summed E-state index contributed by atoms with van der Waals surface area (Å²) in [4.78, 5) is 14.5. The van der Waals surface area contributed by atoms with Crippen molar-refractivity contribution < 1.29 is 9.53 Å². The molecule has 1 aliphatic rings. The molecule has 1 N–H and O–H groups in total. The van der Waals surface area contributed by atoms with Gasteiger partial charge in [-0.3, -0.25) is 9.69 Å². The fraction of sp³-hybridized carbons (Fsp3) is 0.350. The largest absolute Gasteiger partial charge is 0.371 e. The minimum absolute atomic E-state index is 0.00389. The van der Waals surface area contributed by atoms with Crippen LogP contribution in [0.15, 0.2) is 48.5 Å². The molecule has 2 aromatic rings. The Kier molecular flexibility index (Phi) is 6.54. The molecule has 0 bridgehead atoms. The summed E-state index contributed by atoms with van der Waals surface area (Å²) in [5, 5.41) is 4.44. The molecule has 26 heavy (non-hydrogen) atoms. The van der Waals surface area contributed by atoms with Crippen LogP contribution in [0.3, 0.4) is 0 Å². The van der Waals surface area contributed by atoms with Gasteiger partial charge in [-0.25, -0.2) is 0 Å². The van der Waals surface area contributed by atoms with E-state index in [0.29, 0.717) is 29.7 Å². The minimum atomic E-state index is -0.0622. The molecule has 3 rings (SSSR count). The molecule has 138 valence electrons. The van der Waals surface area contributed by atoms with Crippen LogP contribution < -0.4 is 5.32 Å². The molecule has 1 heterocycles. The lowest BCUT2D eigenvalue weighted by Crippen LogP contribution is -2.44. The number of nitrogens with zero attached hydrogens (tertiary/aromatic N) is 1. The van der Waals surface area contributed by atoms with E-state index in [1.807, 2.05) is 55.5 Å². The van der Waals surface area contributed by atoms with E-state index in [-0.39, 0.29) is 18.1 Å². The van der Waals surface area contributed by atoms with Crippen LogP contribution in [0, 0.1) is 0 Å². The number of nitrogens with one attached hydrogen (secondary N) is 1. The van der Waals surface area contributed by atoms with Crippen LogP contribution in [0.25, 0.3) is 0 Å². The Morgan fingerprint density at radius 3 is 2.42 bits per heavy atom. The van der Waals surface area contributed by atoms with Gasteiger partial charge in [-0.05, 0) is 42.3 Å². The van der Waals surface area contributed by atoms with Gasteiger partial charge in [-0.15, -0.1) is 0 Å². The molecular weight excluding hydrogens is 371 g/mol. The van der Waals surface area contributed by atoms with Crippen LogP contribution in [0.1, 0.15) is 30.2 Å². The highest BCUT2D eigenvalue weighted by molar-refractivity contribution is 6.30. The van der Waals surface area contributed by atoms with Crippen molar-refractivity contribution in [3.05, 3.63) is 69.7 Å². The quantitative estimate of drug-likeness (QED) is 0.826. The van der Waals surface area contributed by atoms with Gasteiger partial charge in [0.15, 0.2) is 0 Å². The molecule has 0 saturated carbocycles. The first-order valence-electron chi connectivity index (χ1n) is 8.65. The molecule has 2 aromatic carbocycles.